The Labute approximate surface area is 151 Å². The number of carbonyl (C=O) groups is 3. The molecule has 0 bridgehead atoms. The number of fused-ring (bicyclic) bond motifs is 2. The molecule has 1 aromatic heterocycles. The van der Waals surface area contributed by atoms with Crippen LogP contribution >= 0.6 is 0 Å². The first-order valence-corrected chi connectivity index (χ1v) is 8.90. The van der Waals surface area contributed by atoms with E-state index < -0.39 is 11.8 Å². The number of amides is 3. The molecule has 1 aliphatic heterocycles. The van der Waals surface area contributed by atoms with Gasteiger partial charge < -0.3 is 5.32 Å². The number of aryl methyl sites for hydroxylation is 1. The first kappa shape index (κ1) is 16.5. The molecule has 0 radical (unpaired) electrons. The molecule has 7 heteroatoms. The van der Waals surface area contributed by atoms with E-state index in [4.69, 9.17) is 0 Å². The van der Waals surface area contributed by atoms with Crippen molar-refractivity contribution in [3.8, 4) is 0 Å². The second-order valence-corrected chi connectivity index (χ2v) is 6.64. The molecule has 0 unspecified atom stereocenters. The molecule has 1 aromatic carbocycles. The maximum absolute atomic E-state index is 12.3. The molecule has 4 rings (SSSR count). The lowest BCUT2D eigenvalue weighted by molar-refractivity contribution is -0.121. The second kappa shape index (κ2) is 6.74. The van der Waals surface area contributed by atoms with Gasteiger partial charge in [0, 0.05) is 12.2 Å². The lowest BCUT2D eigenvalue weighted by atomic mass is 9.98. The Morgan fingerprint density at radius 1 is 1.08 bits per heavy atom. The summed E-state index contributed by atoms with van der Waals surface area (Å²) < 4.78 is 1.94. The van der Waals surface area contributed by atoms with Gasteiger partial charge in [-0.25, -0.2) is 0 Å². The van der Waals surface area contributed by atoms with Crippen LogP contribution in [0.2, 0.25) is 0 Å². The van der Waals surface area contributed by atoms with Gasteiger partial charge in [-0.05, 0) is 43.4 Å². The Morgan fingerprint density at radius 3 is 2.50 bits per heavy atom. The van der Waals surface area contributed by atoms with Crippen molar-refractivity contribution in [2.75, 3.05) is 13.1 Å². The number of nitrogens with zero attached hydrogens (tertiary/aromatic N) is 3. The first-order chi connectivity index (χ1) is 12.6. The van der Waals surface area contributed by atoms with E-state index in [1.165, 1.54) is 24.1 Å². The van der Waals surface area contributed by atoms with E-state index in [9.17, 15) is 14.4 Å². The van der Waals surface area contributed by atoms with Crippen molar-refractivity contribution in [3.05, 3.63) is 52.8 Å². The average molecular weight is 352 g/mol. The molecule has 134 valence electrons. The predicted octanol–water partition coefficient (Wildman–Crippen LogP) is 1.17. The number of aromatic nitrogens is 2. The zero-order valence-electron chi connectivity index (χ0n) is 14.4. The van der Waals surface area contributed by atoms with Gasteiger partial charge in [0.2, 0.25) is 5.91 Å². The number of hydrogen-bond acceptors (Lipinski definition) is 4. The van der Waals surface area contributed by atoms with E-state index in [1.807, 2.05) is 10.9 Å². The van der Waals surface area contributed by atoms with Crippen molar-refractivity contribution in [3.63, 3.8) is 0 Å². The van der Waals surface area contributed by atoms with Crippen LogP contribution in [0.3, 0.4) is 0 Å². The van der Waals surface area contributed by atoms with Gasteiger partial charge >= 0.3 is 0 Å². The Morgan fingerprint density at radius 2 is 1.77 bits per heavy atom. The van der Waals surface area contributed by atoms with Crippen LogP contribution in [0.1, 0.15) is 44.8 Å². The number of hydrogen-bond donors (Lipinski definition) is 1. The largest absolute Gasteiger partial charge is 0.353 e. The van der Waals surface area contributed by atoms with Crippen LogP contribution in [0.15, 0.2) is 30.5 Å². The molecule has 0 fully saturated rings. The van der Waals surface area contributed by atoms with Crippen LogP contribution in [-0.2, 0) is 24.2 Å². The monoisotopic (exact) mass is 352 g/mol. The summed E-state index contributed by atoms with van der Waals surface area (Å²) in [7, 11) is 0. The average Bonchev–Trinajstić information content (AvgIpc) is 3.17. The summed E-state index contributed by atoms with van der Waals surface area (Å²) in [4.78, 5) is 37.7. The highest BCUT2D eigenvalue weighted by molar-refractivity contribution is 6.22. The van der Waals surface area contributed by atoms with E-state index in [-0.39, 0.29) is 12.5 Å². The molecule has 26 heavy (non-hydrogen) atoms. The van der Waals surface area contributed by atoms with Crippen molar-refractivity contribution in [1.29, 1.82) is 0 Å². The molecular weight excluding hydrogens is 332 g/mol. The molecule has 2 heterocycles. The molecule has 1 aliphatic carbocycles. The van der Waals surface area contributed by atoms with Gasteiger partial charge in [0.05, 0.1) is 23.9 Å². The van der Waals surface area contributed by atoms with Gasteiger partial charge in [-0.3, -0.25) is 24.0 Å². The van der Waals surface area contributed by atoms with Gasteiger partial charge in [0.15, 0.2) is 0 Å². The quantitative estimate of drug-likeness (QED) is 0.819. The van der Waals surface area contributed by atoms with E-state index in [0.29, 0.717) is 24.2 Å². The number of carbonyl (C=O) groups excluding carboxylic acids is 3. The van der Waals surface area contributed by atoms with Crippen molar-refractivity contribution in [2.24, 2.45) is 0 Å². The highest BCUT2D eigenvalue weighted by Crippen LogP contribution is 2.22. The smallest absolute Gasteiger partial charge is 0.262 e. The minimum Gasteiger partial charge on any atom is -0.353 e. The SMILES string of the molecule is O=C(CN1C(=O)c2ccccc2C1=O)NCCn1ncc2c1CCCC2. The number of rotatable bonds is 5. The summed E-state index contributed by atoms with van der Waals surface area (Å²) in [5, 5.41) is 7.17. The predicted molar refractivity (Wildman–Crippen MR) is 93.7 cm³/mol. The summed E-state index contributed by atoms with van der Waals surface area (Å²) in [5.41, 5.74) is 3.27. The fourth-order valence-corrected chi connectivity index (χ4v) is 3.63. The minimum absolute atomic E-state index is 0.260. The number of benzene rings is 1. The maximum atomic E-state index is 12.3. The zero-order chi connectivity index (χ0) is 18.1. The third-order valence-corrected chi connectivity index (χ3v) is 4.97. The lowest BCUT2D eigenvalue weighted by Gasteiger charge is -2.15. The van der Waals surface area contributed by atoms with Crippen LogP contribution < -0.4 is 5.32 Å². The van der Waals surface area contributed by atoms with E-state index in [0.717, 1.165) is 17.7 Å². The zero-order valence-corrected chi connectivity index (χ0v) is 14.4. The van der Waals surface area contributed by atoms with Gasteiger partial charge in [0.1, 0.15) is 6.54 Å². The highest BCUT2D eigenvalue weighted by atomic mass is 16.2. The fourth-order valence-electron chi connectivity index (χ4n) is 3.63. The number of nitrogens with one attached hydrogen (secondary N) is 1. The minimum atomic E-state index is -0.415. The molecule has 1 N–H and O–H groups in total. The van der Waals surface area contributed by atoms with Crippen molar-refractivity contribution >= 4 is 17.7 Å². The Balaban J connectivity index is 1.32. The Bertz CT molecular complexity index is 852. The standard InChI is InChI=1S/C19H20N4O3/c24-17(12-22-18(25)14-6-2-3-7-15(14)19(22)26)20-9-10-23-16-8-4-1-5-13(16)11-21-23/h2-3,6-7,11H,1,4-5,8-10,12H2,(H,20,24). The first-order valence-electron chi connectivity index (χ1n) is 8.90. The molecule has 0 saturated heterocycles. The van der Waals surface area contributed by atoms with E-state index in [2.05, 4.69) is 10.4 Å². The van der Waals surface area contributed by atoms with Crippen molar-refractivity contribution < 1.29 is 14.4 Å². The highest BCUT2D eigenvalue weighted by Gasteiger charge is 2.36. The topological polar surface area (TPSA) is 84.3 Å². The van der Waals surface area contributed by atoms with Crippen LogP contribution in [0.25, 0.3) is 0 Å². The molecule has 0 saturated carbocycles. The van der Waals surface area contributed by atoms with E-state index in [1.54, 1.807) is 24.3 Å². The third kappa shape index (κ3) is 2.89. The van der Waals surface area contributed by atoms with E-state index >= 15 is 0 Å². The summed E-state index contributed by atoms with van der Waals surface area (Å²) in [6.45, 7) is 0.739. The second-order valence-electron chi connectivity index (χ2n) is 6.64. The fraction of sp³-hybridized carbons (Fsp3) is 0.368. The maximum Gasteiger partial charge on any atom is 0.262 e. The van der Waals surface area contributed by atoms with Crippen LogP contribution in [-0.4, -0.2) is 45.5 Å². The summed E-state index contributed by atoms with van der Waals surface area (Å²) in [6, 6.07) is 6.62. The molecule has 2 aliphatic rings. The molecule has 7 nitrogen and oxygen atoms in total. The van der Waals surface area contributed by atoms with Crippen molar-refractivity contribution in [1.82, 2.24) is 20.0 Å². The molecule has 2 aromatic rings. The lowest BCUT2D eigenvalue weighted by Crippen LogP contribution is -2.41. The Kier molecular flexibility index (Phi) is 4.28. The molecule has 0 spiro atoms. The van der Waals surface area contributed by atoms with Crippen LogP contribution in [0.5, 0.6) is 0 Å². The molecular formula is C19H20N4O3. The van der Waals surface area contributed by atoms with Gasteiger partial charge in [-0.15, -0.1) is 0 Å². The van der Waals surface area contributed by atoms with Crippen LogP contribution in [0.4, 0.5) is 0 Å². The van der Waals surface area contributed by atoms with Gasteiger partial charge in [-0.2, -0.15) is 5.10 Å². The molecule has 3 amide bonds. The molecule has 0 atom stereocenters. The van der Waals surface area contributed by atoms with Crippen molar-refractivity contribution in [2.45, 2.75) is 32.2 Å². The van der Waals surface area contributed by atoms with Crippen LogP contribution in [0, 0.1) is 0 Å². The van der Waals surface area contributed by atoms with Gasteiger partial charge in [-0.1, -0.05) is 12.1 Å². The number of imide groups is 1. The third-order valence-electron chi connectivity index (χ3n) is 4.97. The summed E-state index contributed by atoms with van der Waals surface area (Å²) >= 11 is 0. The Hall–Kier alpha value is -2.96. The van der Waals surface area contributed by atoms with Gasteiger partial charge in [0.25, 0.3) is 11.8 Å². The summed E-state index contributed by atoms with van der Waals surface area (Å²) in [5.74, 6) is -1.18. The normalized spacial score (nSPS) is 15.8. The summed E-state index contributed by atoms with van der Waals surface area (Å²) in [6.07, 6.45) is 6.38.